The molecule has 0 aromatic carbocycles. The van der Waals surface area contributed by atoms with Gasteiger partial charge in [-0.25, -0.2) is 0 Å². The zero-order valence-corrected chi connectivity index (χ0v) is 12.6. The number of hydrogen-bond donors (Lipinski definition) is 1. The van der Waals surface area contributed by atoms with E-state index in [-0.39, 0.29) is 30.1 Å². The molecule has 114 valence electrons. The second-order valence-corrected chi connectivity index (χ2v) is 5.53. The van der Waals surface area contributed by atoms with Gasteiger partial charge in [0.2, 0.25) is 11.8 Å². The Bertz CT molecular complexity index is 347. The van der Waals surface area contributed by atoms with Crippen LogP contribution in [0.3, 0.4) is 0 Å². The molecule has 0 atom stereocenters. The Morgan fingerprint density at radius 1 is 1.10 bits per heavy atom. The molecule has 0 spiro atoms. The number of piperidine rings is 1. The van der Waals surface area contributed by atoms with Crippen LogP contribution < -0.4 is 5.32 Å². The molecule has 0 aromatic heterocycles. The van der Waals surface area contributed by atoms with Gasteiger partial charge in [0.1, 0.15) is 5.78 Å². The molecule has 1 N–H and O–H groups in total. The van der Waals surface area contributed by atoms with Crippen LogP contribution >= 0.6 is 0 Å². The van der Waals surface area contributed by atoms with Crippen molar-refractivity contribution in [1.29, 1.82) is 0 Å². The predicted octanol–water partition coefficient (Wildman–Crippen LogP) is 1.65. The summed E-state index contributed by atoms with van der Waals surface area (Å²) in [4.78, 5) is 36.2. The highest BCUT2D eigenvalue weighted by Gasteiger charge is 2.23. The lowest BCUT2D eigenvalue weighted by Gasteiger charge is -2.32. The van der Waals surface area contributed by atoms with Crippen LogP contribution in [0.15, 0.2) is 0 Å². The highest BCUT2D eigenvalue weighted by molar-refractivity contribution is 5.83. The second-order valence-electron chi connectivity index (χ2n) is 5.53. The van der Waals surface area contributed by atoms with Gasteiger partial charge < -0.3 is 15.0 Å². The van der Waals surface area contributed by atoms with Gasteiger partial charge >= 0.3 is 0 Å². The Kier molecular flexibility index (Phi) is 7.26. The van der Waals surface area contributed by atoms with Gasteiger partial charge in [0.05, 0.1) is 0 Å². The molecule has 5 heteroatoms. The molecule has 2 amide bonds. The van der Waals surface area contributed by atoms with Crippen molar-refractivity contribution in [2.24, 2.45) is 0 Å². The maximum absolute atomic E-state index is 11.9. The van der Waals surface area contributed by atoms with Crippen molar-refractivity contribution in [3.8, 4) is 0 Å². The topological polar surface area (TPSA) is 66.5 Å². The molecule has 0 aromatic rings. The third kappa shape index (κ3) is 6.17. The number of carbonyl (C=O) groups is 3. The van der Waals surface area contributed by atoms with Crippen LogP contribution in [0.2, 0.25) is 0 Å². The van der Waals surface area contributed by atoms with Crippen molar-refractivity contribution in [2.45, 2.75) is 64.8 Å². The number of rotatable bonds is 7. The summed E-state index contributed by atoms with van der Waals surface area (Å²) in [6.45, 7) is 5.02. The second kappa shape index (κ2) is 8.72. The summed E-state index contributed by atoms with van der Waals surface area (Å²) >= 11 is 0. The molecule has 0 saturated carbocycles. The average Bonchev–Trinajstić information content (AvgIpc) is 2.43. The lowest BCUT2D eigenvalue weighted by atomic mass is 10.0. The van der Waals surface area contributed by atoms with Crippen LogP contribution in [-0.4, -0.2) is 41.6 Å². The van der Waals surface area contributed by atoms with Gasteiger partial charge in [0, 0.05) is 38.4 Å². The first-order valence-electron chi connectivity index (χ1n) is 7.59. The van der Waals surface area contributed by atoms with E-state index in [1.165, 1.54) is 6.92 Å². The molecule has 1 heterocycles. The maximum atomic E-state index is 11.9. The monoisotopic (exact) mass is 282 g/mol. The number of unbranched alkanes of at least 4 members (excludes halogenated alkanes) is 1. The molecule has 1 aliphatic heterocycles. The van der Waals surface area contributed by atoms with Crippen LogP contribution in [0.1, 0.15) is 58.8 Å². The van der Waals surface area contributed by atoms with Gasteiger partial charge in [-0.1, -0.05) is 13.3 Å². The van der Waals surface area contributed by atoms with Gasteiger partial charge in [0.25, 0.3) is 0 Å². The van der Waals surface area contributed by atoms with Crippen LogP contribution in [0, 0.1) is 0 Å². The summed E-state index contributed by atoms with van der Waals surface area (Å²) in [6, 6.07) is 0.143. The smallest absolute Gasteiger partial charge is 0.222 e. The van der Waals surface area contributed by atoms with Gasteiger partial charge in [-0.3, -0.25) is 9.59 Å². The highest BCUT2D eigenvalue weighted by atomic mass is 16.2. The molecule has 0 aliphatic carbocycles. The number of likely N-dealkylation sites (tertiary alicyclic amines) is 1. The zero-order chi connectivity index (χ0) is 15.0. The van der Waals surface area contributed by atoms with E-state index in [2.05, 4.69) is 12.2 Å². The van der Waals surface area contributed by atoms with Crippen molar-refractivity contribution in [1.82, 2.24) is 10.2 Å². The SMILES string of the molecule is CCCCC(=O)N1CCC(NC(=O)CCC(C)=O)CC1. The Hall–Kier alpha value is -1.39. The van der Waals surface area contributed by atoms with Gasteiger partial charge in [-0.15, -0.1) is 0 Å². The first kappa shape index (κ1) is 16.7. The van der Waals surface area contributed by atoms with Gasteiger partial charge in [0.15, 0.2) is 0 Å². The predicted molar refractivity (Wildman–Crippen MR) is 77.2 cm³/mol. The number of carbonyl (C=O) groups excluding carboxylic acids is 3. The molecule has 0 bridgehead atoms. The maximum Gasteiger partial charge on any atom is 0.222 e. The molecule has 20 heavy (non-hydrogen) atoms. The molecule has 0 radical (unpaired) electrons. The van der Waals surface area contributed by atoms with Crippen LogP contribution in [-0.2, 0) is 14.4 Å². The Balaban J connectivity index is 2.23. The molecule has 0 unspecified atom stereocenters. The number of ketones is 1. The lowest BCUT2D eigenvalue weighted by Crippen LogP contribution is -2.46. The molecule has 1 rings (SSSR count). The van der Waals surface area contributed by atoms with Gasteiger partial charge in [-0.05, 0) is 26.2 Å². The van der Waals surface area contributed by atoms with Crippen molar-refractivity contribution in [2.75, 3.05) is 13.1 Å². The van der Waals surface area contributed by atoms with Crippen molar-refractivity contribution < 1.29 is 14.4 Å². The minimum absolute atomic E-state index is 0.0384. The number of amides is 2. The van der Waals surface area contributed by atoms with Crippen molar-refractivity contribution >= 4 is 17.6 Å². The first-order valence-corrected chi connectivity index (χ1v) is 7.59. The number of nitrogens with one attached hydrogen (secondary N) is 1. The van der Waals surface area contributed by atoms with Crippen LogP contribution in [0.5, 0.6) is 0 Å². The third-order valence-electron chi connectivity index (χ3n) is 3.66. The highest BCUT2D eigenvalue weighted by Crippen LogP contribution is 2.13. The summed E-state index contributed by atoms with van der Waals surface area (Å²) in [7, 11) is 0. The fourth-order valence-electron chi connectivity index (χ4n) is 2.35. The summed E-state index contributed by atoms with van der Waals surface area (Å²) in [5.41, 5.74) is 0. The number of hydrogen-bond acceptors (Lipinski definition) is 3. The van der Waals surface area contributed by atoms with E-state index in [0.29, 0.717) is 12.8 Å². The quantitative estimate of drug-likeness (QED) is 0.772. The first-order chi connectivity index (χ1) is 9.52. The Morgan fingerprint density at radius 3 is 2.30 bits per heavy atom. The largest absolute Gasteiger partial charge is 0.353 e. The average molecular weight is 282 g/mol. The van der Waals surface area contributed by atoms with E-state index in [1.807, 2.05) is 4.90 Å². The van der Waals surface area contributed by atoms with E-state index in [1.54, 1.807) is 0 Å². The molecular formula is C15H26N2O3. The third-order valence-corrected chi connectivity index (χ3v) is 3.66. The summed E-state index contributed by atoms with van der Waals surface area (Å²) in [6.07, 6.45) is 4.81. The molecule has 1 aliphatic rings. The van der Waals surface area contributed by atoms with E-state index >= 15 is 0 Å². The minimum atomic E-state index is -0.0593. The van der Waals surface area contributed by atoms with Crippen LogP contribution in [0.4, 0.5) is 0 Å². The molecule has 1 saturated heterocycles. The standard InChI is InChI=1S/C15H26N2O3/c1-3-4-5-15(20)17-10-8-13(9-11-17)16-14(19)7-6-12(2)18/h13H,3-11H2,1-2H3,(H,16,19). The summed E-state index contributed by atoms with van der Waals surface area (Å²) in [5.74, 6) is 0.209. The zero-order valence-electron chi connectivity index (χ0n) is 12.6. The Morgan fingerprint density at radius 2 is 1.75 bits per heavy atom. The fourth-order valence-corrected chi connectivity index (χ4v) is 2.35. The van der Waals surface area contributed by atoms with Crippen molar-refractivity contribution in [3.05, 3.63) is 0 Å². The lowest BCUT2D eigenvalue weighted by molar-refractivity contribution is -0.132. The molecule has 5 nitrogen and oxygen atoms in total. The Labute approximate surface area is 121 Å². The van der Waals surface area contributed by atoms with E-state index in [0.717, 1.165) is 38.8 Å². The summed E-state index contributed by atoms with van der Waals surface area (Å²) in [5, 5.41) is 2.95. The van der Waals surface area contributed by atoms with E-state index < -0.39 is 0 Å². The minimum Gasteiger partial charge on any atom is -0.353 e. The van der Waals surface area contributed by atoms with Crippen LogP contribution in [0.25, 0.3) is 0 Å². The van der Waals surface area contributed by atoms with Gasteiger partial charge in [-0.2, -0.15) is 0 Å². The normalized spacial score (nSPS) is 16.0. The number of nitrogens with zero attached hydrogens (tertiary/aromatic N) is 1. The number of Topliss-reactive ketones (excluding diaryl/α,β-unsaturated/α-hetero) is 1. The van der Waals surface area contributed by atoms with E-state index in [9.17, 15) is 14.4 Å². The van der Waals surface area contributed by atoms with Crippen molar-refractivity contribution in [3.63, 3.8) is 0 Å². The molecule has 1 fully saturated rings. The van der Waals surface area contributed by atoms with E-state index in [4.69, 9.17) is 0 Å². The molecular weight excluding hydrogens is 256 g/mol. The fraction of sp³-hybridized carbons (Fsp3) is 0.800. The summed E-state index contributed by atoms with van der Waals surface area (Å²) < 4.78 is 0.